The first kappa shape index (κ1) is 19.3. The second-order valence-corrected chi connectivity index (χ2v) is 7.92. The van der Waals surface area contributed by atoms with Crippen LogP contribution in [0.1, 0.15) is 18.9 Å². The van der Waals surface area contributed by atoms with E-state index in [1.165, 1.54) is 11.8 Å². The molecule has 2 N–H and O–H groups in total. The van der Waals surface area contributed by atoms with Crippen LogP contribution in [-0.2, 0) is 9.59 Å². The zero-order chi connectivity index (χ0) is 19.2. The fourth-order valence-corrected chi connectivity index (χ4v) is 3.55. The second-order valence-electron chi connectivity index (χ2n) is 5.81. The van der Waals surface area contributed by atoms with E-state index in [2.05, 4.69) is 36.8 Å². The van der Waals surface area contributed by atoms with Crippen molar-refractivity contribution >= 4 is 56.1 Å². The molecule has 138 valence electrons. The van der Waals surface area contributed by atoms with E-state index in [4.69, 9.17) is 0 Å². The van der Waals surface area contributed by atoms with E-state index < -0.39 is 5.25 Å². The molecule has 2 aromatic carbocycles. The molecule has 1 fully saturated rings. The molecule has 0 saturated carbocycles. The molecule has 0 bridgehead atoms. The van der Waals surface area contributed by atoms with Gasteiger partial charge in [0.2, 0.25) is 11.8 Å². The van der Waals surface area contributed by atoms with Gasteiger partial charge in [-0.2, -0.15) is 5.10 Å². The maximum atomic E-state index is 12.5. The minimum Gasteiger partial charge on any atom is -0.325 e. The SMILES string of the molecule is CC(=NN=C1NC(=O)CC(C(=O)Nc2ccc(Br)cc2)S1)c1ccccc1. The van der Waals surface area contributed by atoms with Crippen molar-refractivity contribution in [2.75, 3.05) is 5.32 Å². The number of halogens is 1. The quantitative estimate of drug-likeness (QED) is 0.555. The molecule has 8 heteroatoms. The molecule has 1 heterocycles. The Morgan fingerprint density at radius 2 is 1.89 bits per heavy atom. The van der Waals surface area contributed by atoms with Crippen molar-refractivity contribution in [2.24, 2.45) is 10.2 Å². The highest BCUT2D eigenvalue weighted by Gasteiger charge is 2.30. The van der Waals surface area contributed by atoms with Gasteiger partial charge in [0.1, 0.15) is 5.25 Å². The molecule has 0 aromatic heterocycles. The molecule has 2 amide bonds. The van der Waals surface area contributed by atoms with Gasteiger partial charge in [0, 0.05) is 16.6 Å². The van der Waals surface area contributed by atoms with Gasteiger partial charge >= 0.3 is 0 Å². The van der Waals surface area contributed by atoms with Gasteiger partial charge in [0.05, 0.1) is 5.71 Å². The predicted molar refractivity (Wildman–Crippen MR) is 113 cm³/mol. The summed E-state index contributed by atoms with van der Waals surface area (Å²) < 4.78 is 0.924. The number of rotatable bonds is 4. The molecule has 0 spiro atoms. The summed E-state index contributed by atoms with van der Waals surface area (Å²) >= 11 is 4.54. The lowest BCUT2D eigenvalue weighted by atomic mass is 10.1. The zero-order valence-electron chi connectivity index (χ0n) is 14.5. The third-order valence-electron chi connectivity index (χ3n) is 3.76. The van der Waals surface area contributed by atoms with E-state index in [1.54, 1.807) is 12.1 Å². The van der Waals surface area contributed by atoms with Gasteiger partial charge in [-0.3, -0.25) is 9.59 Å². The zero-order valence-corrected chi connectivity index (χ0v) is 16.9. The van der Waals surface area contributed by atoms with Crippen molar-refractivity contribution in [3.8, 4) is 0 Å². The van der Waals surface area contributed by atoms with Crippen molar-refractivity contribution in [1.29, 1.82) is 0 Å². The number of benzene rings is 2. The smallest absolute Gasteiger partial charge is 0.238 e. The molecular weight excluding hydrogens is 428 g/mol. The van der Waals surface area contributed by atoms with Crippen LogP contribution in [0.2, 0.25) is 0 Å². The van der Waals surface area contributed by atoms with Crippen LogP contribution in [0, 0.1) is 0 Å². The largest absolute Gasteiger partial charge is 0.325 e. The Morgan fingerprint density at radius 1 is 1.19 bits per heavy atom. The number of amides is 2. The molecule has 0 aliphatic carbocycles. The lowest BCUT2D eigenvalue weighted by Gasteiger charge is -2.21. The van der Waals surface area contributed by atoms with E-state index in [0.717, 1.165) is 15.7 Å². The van der Waals surface area contributed by atoms with Crippen LogP contribution >= 0.6 is 27.7 Å². The van der Waals surface area contributed by atoms with Gasteiger partial charge in [-0.15, -0.1) is 5.10 Å². The Kier molecular flexibility index (Phi) is 6.41. The third-order valence-corrected chi connectivity index (χ3v) is 5.36. The number of anilines is 1. The predicted octanol–water partition coefficient (Wildman–Crippen LogP) is 3.79. The average Bonchev–Trinajstić information content (AvgIpc) is 2.68. The minimum absolute atomic E-state index is 0.0907. The van der Waals surface area contributed by atoms with E-state index in [9.17, 15) is 9.59 Å². The topological polar surface area (TPSA) is 82.9 Å². The van der Waals surface area contributed by atoms with Crippen molar-refractivity contribution in [1.82, 2.24) is 5.32 Å². The number of amidine groups is 1. The highest BCUT2D eigenvalue weighted by Crippen LogP contribution is 2.23. The van der Waals surface area contributed by atoms with Crippen LogP contribution in [0.5, 0.6) is 0 Å². The maximum Gasteiger partial charge on any atom is 0.238 e. The van der Waals surface area contributed by atoms with Crippen molar-refractivity contribution in [3.05, 3.63) is 64.6 Å². The molecule has 1 aliphatic rings. The van der Waals surface area contributed by atoms with Gasteiger partial charge in [-0.05, 0) is 36.8 Å². The minimum atomic E-state index is -0.562. The molecular formula is C19H17BrN4O2S. The lowest BCUT2D eigenvalue weighted by Crippen LogP contribution is -2.41. The molecule has 2 aromatic rings. The number of thioether (sulfide) groups is 1. The molecule has 1 atom stereocenters. The summed E-state index contributed by atoms with van der Waals surface area (Å²) in [5.41, 5.74) is 2.34. The first-order chi connectivity index (χ1) is 13.0. The van der Waals surface area contributed by atoms with Gasteiger partial charge in [-0.1, -0.05) is 58.0 Å². The maximum absolute atomic E-state index is 12.5. The van der Waals surface area contributed by atoms with Crippen LogP contribution in [0.4, 0.5) is 5.69 Å². The normalized spacial score (nSPS) is 18.9. The van der Waals surface area contributed by atoms with Crippen molar-refractivity contribution in [2.45, 2.75) is 18.6 Å². The van der Waals surface area contributed by atoms with E-state index in [1.807, 2.05) is 49.4 Å². The second kappa shape index (κ2) is 8.96. The Balaban J connectivity index is 1.69. The molecule has 1 unspecified atom stereocenters. The molecule has 3 rings (SSSR count). The molecule has 1 saturated heterocycles. The van der Waals surface area contributed by atoms with E-state index >= 15 is 0 Å². The van der Waals surface area contributed by atoms with Crippen LogP contribution < -0.4 is 10.6 Å². The molecule has 1 aliphatic heterocycles. The number of carbonyl (C=O) groups is 2. The Bertz CT molecular complexity index is 898. The lowest BCUT2D eigenvalue weighted by molar-refractivity contribution is -0.123. The molecule has 0 radical (unpaired) electrons. The fraction of sp³-hybridized carbons (Fsp3) is 0.158. The first-order valence-corrected chi connectivity index (χ1v) is 9.89. The summed E-state index contributed by atoms with van der Waals surface area (Å²) in [6.07, 6.45) is 0.0907. The van der Waals surface area contributed by atoms with Gasteiger partial charge in [0.15, 0.2) is 5.17 Å². The number of hydrogen-bond acceptors (Lipinski definition) is 5. The van der Waals surface area contributed by atoms with Crippen molar-refractivity contribution < 1.29 is 9.59 Å². The standard InChI is InChI=1S/C19H17BrN4O2S/c1-12(13-5-3-2-4-6-13)23-24-19-22-17(25)11-16(27-19)18(26)21-15-9-7-14(20)8-10-15/h2-10,16H,11H2,1H3,(H,21,26)(H,22,24,25). The summed E-state index contributed by atoms with van der Waals surface area (Å²) in [7, 11) is 0. The monoisotopic (exact) mass is 444 g/mol. The summed E-state index contributed by atoms with van der Waals surface area (Å²) in [5.74, 6) is -0.496. The van der Waals surface area contributed by atoms with Crippen molar-refractivity contribution in [3.63, 3.8) is 0 Å². The van der Waals surface area contributed by atoms with Crippen LogP contribution in [-0.4, -0.2) is 27.9 Å². The molecule has 27 heavy (non-hydrogen) atoms. The summed E-state index contributed by atoms with van der Waals surface area (Å²) in [6.45, 7) is 1.84. The highest BCUT2D eigenvalue weighted by molar-refractivity contribution is 9.10. The third kappa shape index (κ3) is 5.51. The highest BCUT2D eigenvalue weighted by atomic mass is 79.9. The molecule has 6 nitrogen and oxygen atoms in total. The van der Waals surface area contributed by atoms with Gasteiger partial charge in [0.25, 0.3) is 0 Å². The number of hydrogen-bond donors (Lipinski definition) is 2. The summed E-state index contributed by atoms with van der Waals surface area (Å²) in [6, 6.07) is 16.9. The number of nitrogens with one attached hydrogen (secondary N) is 2. The van der Waals surface area contributed by atoms with Crippen LogP contribution in [0.25, 0.3) is 0 Å². The first-order valence-electron chi connectivity index (χ1n) is 8.22. The van der Waals surface area contributed by atoms with Crippen LogP contribution in [0.3, 0.4) is 0 Å². The Hall–Kier alpha value is -2.45. The van der Waals surface area contributed by atoms with Crippen LogP contribution in [0.15, 0.2) is 69.3 Å². The van der Waals surface area contributed by atoms with E-state index in [-0.39, 0.29) is 18.2 Å². The summed E-state index contributed by atoms with van der Waals surface area (Å²) in [5, 5.41) is 13.5. The van der Waals surface area contributed by atoms with E-state index in [0.29, 0.717) is 10.9 Å². The van der Waals surface area contributed by atoms with Gasteiger partial charge in [-0.25, -0.2) is 0 Å². The van der Waals surface area contributed by atoms with Gasteiger partial charge < -0.3 is 10.6 Å². The number of carbonyl (C=O) groups excluding carboxylic acids is 2. The fourth-order valence-electron chi connectivity index (χ4n) is 2.35. The average molecular weight is 445 g/mol. The Labute approximate surface area is 169 Å². The Morgan fingerprint density at radius 3 is 2.59 bits per heavy atom. The number of nitrogens with zero attached hydrogens (tertiary/aromatic N) is 2. The summed E-state index contributed by atoms with van der Waals surface area (Å²) in [4.78, 5) is 24.4.